The lowest BCUT2D eigenvalue weighted by atomic mass is 10.00. The molecule has 2 aromatic carbocycles. The first kappa shape index (κ1) is 33.1. The number of ether oxygens (including phenoxy) is 1. The largest absolute Gasteiger partial charge is 0.492 e. The van der Waals surface area contributed by atoms with Gasteiger partial charge >= 0.3 is 0 Å². The number of nitrogens with zero attached hydrogens (tertiary/aromatic N) is 1. The molecule has 0 unspecified atom stereocenters. The fraction of sp³-hybridized carbons (Fsp3) is 0.467. The van der Waals surface area contributed by atoms with Crippen LogP contribution in [0.2, 0.25) is 0 Å². The van der Waals surface area contributed by atoms with Gasteiger partial charge in [-0.3, -0.25) is 24.7 Å². The molecule has 0 bridgehead atoms. The minimum Gasteiger partial charge on any atom is -0.492 e. The number of amides is 3. The maximum atomic E-state index is 13.7. The molecule has 0 saturated carbocycles. The van der Waals surface area contributed by atoms with Gasteiger partial charge in [0.1, 0.15) is 24.4 Å². The molecule has 0 radical (unpaired) electrons. The second kappa shape index (κ2) is 16.3. The van der Waals surface area contributed by atoms with E-state index in [0.717, 1.165) is 20.4 Å². The third-order valence-electron chi connectivity index (χ3n) is 6.85. The second-order valence-corrected chi connectivity index (χ2v) is 12.1. The van der Waals surface area contributed by atoms with Crippen LogP contribution in [-0.4, -0.2) is 67.5 Å². The van der Waals surface area contributed by atoms with Crippen LogP contribution < -0.4 is 37.5 Å². The Kier molecular flexibility index (Phi) is 12.9. The Morgan fingerprint density at radius 1 is 1.02 bits per heavy atom. The number of hydrogen-bond acceptors (Lipinski definition) is 6. The Morgan fingerprint density at radius 2 is 1.79 bits per heavy atom. The van der Waals surface area contributed by atoms with Crippen molar-refractivity contribution in [1.29, 1.82) is 0 Å². The number of fused-ring (bicyclic) bond motifs is 1. The van der Waals surface area contributed by atoms with Crippen molar-refractivity contribution in [2.24, 2.45) is 22.4 Å². The Morgan fingerprint density at radius 3 is 2.50 bits per heavy atom. The number of benzene rings is 2. The molecule has 4 atom stereocenters. The predicted molar refractivity (Wildman–Crippen MR) is 172 cm³/mol. The molecule has 8 N–H and O–H groups in total. The highest BCUT2D eigenvalue weighted by molar-refractivity contribution is 14.1. The summed E-state index contributed by atoms with van der Waals surface area (Å²) >= 11 is 2.24. The van der Waals surface area contributed by atoms with Gasteiger partial charge in [0.05, 0.1) is 12.6 Å². The fourth-order valence-electron chi connectivity index (χ4n) is 4.64. The molecule has 2 aromatic rings. The number of nitrogens with one attached hydrogen (secondary N) is 4. The third kappa shape index (κ3) is 10.5. The lowest BCUT2D eigenvalue weighted by Crippen LogP contribution is -2.59. The number of hydrogen-bond donors (Lipinski definition) is 6. The molecular weight excluding hydrogens is 649 g/mol. The number of aryl methyl sites for hydroxylation is 1. The summed E-state index contributed by atoms with van der Waals surface area (Å²) < 4.78 is 7.24. The number of carbonyl (C=O) groups excluding carboxylic acids is 3. The predicted octanol–water partition coefficient (Wildman–Crippen LogP) is 1.22. The average Bonchev–Trinajstić information content (AvgIpc) is 2.94. The topological polar surface area (TPSA) is 173 Å². The zero-order valence-corrected chi connectivity index (χ0v) is 26.5. The summed E-state index contributed by atoms with van der Waals surface area (Å²) in [4.78, 5) is 44.2. The van der Waals surface area contributed by atoms with E-state index in [1.807, 2.05) is 69.3 Å². The van der Waals surface area contributed by atoms with Gasteiger partial charge in [0, 0.05) is 16.2 Å². The van der Waals surface area contributed by atoms with E-state index in [2.05, 4.69) is 48.9 Å². The van der Waals surface area contributed by atoms with Crippen molar-refractivity contribution < 1.29 is 19.1 Å². The zero-order valence-electron chi connectivity index (χ0n) is 24.4. The number of guanidine groups is 1. The van der Waals surface area contributed by atoms with Gasteiger partial charge in [-0.2, -0.15) is 0 Å². The summed E-state index contributed by atoms with van der Waals surface area (Å²) in [5, 5.41) is 11.9. The molecule has 0 spiro atoms. The molecule has 0 aliphatic carbocycles. The molecule has 0 aromatic heterocycles. The lowest BCUT2D eigenvalue weighted by Gasteiger charge is -2.28. The van der Waals surface area contributed by atoms with Crippen molar-refractivity contribution in [2.45, 2.75) is 64.2 Å². The summed E-state index contributed by atoms with van der Waals surface area (Å²) in [5.74, 6) is -0.942. The van der Waals surface area contributed by atoms with E-state index in [-0.39, 0.29) is 30.4 Å². The van der Waals surface area contributed by atoms with Gasteiger partial charge in [0.2, 0.25) is 17.7 Å². The second-order valence-electron chi connectivity index (χ2n) is 10.8. The quantitative estimate of drug-likeness (QED) is 0.156. The number of nitrogens with two attached hydrogens (primary N) is 2. The zero-order chi connectivity index (χ0) is 30.6. The van der Waals surface area contributed by atoms with Crippen molar-refractivity contribution >= 4 is 46.3 Å². The molecule has 1 heterocycles. The van der Waals surface area contributed by atoms with Crippen molar-refractivity contribution in [3.63, 3.8) is 0 Å². The van der Waals surface area contributed by atoms with E-state index in [0.29, 0.717) is 32.4 Å². The van der Waals surface area contributed by atoms with Crippen LogP contribution in [-0.2, 0) is 27.2 Å². The van der Waals surface area contributed by atoms with E-state index < -0.39 is 29.9 Å². The molecule has 1 aliphatic rings. The van der Waals surface area contributed by atoms with Crippen molar-refractivity contribution in [3.8, 4) is 5.75 Å². The van der Waals surface area contributed by atoms with Crippen molar-refractivity contribution in [3.05, 3.63) is 63.2 Å². The maximum absolute atomic E-state index is 13.7. The van der Waals surface area contributed by atoms with Gasteiger partial charge in [-0.05, 0) is 84.0 Å². The van der Waals surface area contributed by atoms with Gasteiger partial charge < -0.3 is 32.2 Å². The monoisotopic (exact) mass is 691 g/mol. The van der Waals surface area contributed by atoms with Gasteiger partial charge in [0.15, 0.2) is 5.96 Å². The molecule has 3 rings (SSSR count). The molecule has 228 valence electrons. The van der Waals surface area contributed by atoms with Crippen molar-refractivity contribution in [1.82, 2.24) is 21.3 Å². The van der Waals surface area contributed by atoms with Crippen LogP contribution in [0.25, 0.3) is 0 Å². The van der Waals surface area contributed by atoms with Gasteiger partial charge in [0.25, 0.3) is 0 Å². The molecule has 0 fully saturated rings. The van der Waals surface area contributed by atoms with E-state index >= 15 is 0 Å². The van der Waals surface area contributed by atoms with Crippen molar-refractivity contribution in [2.75, 3.05) is 19.7 Å². The summed E-state index contributed by atoms with van der Waals surface area (Å²) in [5.41, 5.74) is 13.0. The van der Waals surface area contributed by atoms with E-state index in [9.17, 15) is 14.4 Å². The summed E-state index contributed by atoms with van der Waals surface area (Å²) in [6.07, 6.45) is 1.74. The highest BCUT2D eigenvalue weighted by atomic mass is 127. The molecule has 3 amide bonds. The fourth-order valence-corrected chi connectivity index (χ4v) is 5.25. The first-order chi connectivity index (χ1) is 20.0. The highest BCUT2D eigenvalue weighted by Gasteiger charge is 2.31. The number of aliphatic imine (C=N–C) groups is 1. The molecule has 12 heteroatoms. The van der Waals surface area contributed by atoms with E-state index in [4.69, 9.17) is 16.2 Å². The van der Waals surface area contributed by atoms with E-state index in [1.165, 1.54) is 0 Å². The van der Waals surface area contributed by atoms with Crippen LogP contribution in [0, 0.1) is 9.49 Å². The minimum absolute atomic E-state index is 0.135. The number of carbonyl (C=O) groups is 3. The minimum atomic E-state index is -1.02. The maximum Gasteiger partial charge on any atom is 0.244 e. The SMILES string of the molecule is CC(C)[C@H]1NC(=O)[C@@H](Cc2cccc(I)c2)N[C@@H](C)COc2ccccc2CCCNC(=O)[C@H](CN=C(N)N)NC1=O. The van der Waals surface area contributed by atoms with Crippen LogP contribution in [0.1, 0.15) is 38.3 Å². The average molecular weight is 692 g/mol. The Labute approximate surface area is 261 Å². The normalized spacial score (nSPS) is 22.8. The number of halogens is 1. The Balaban J connectivity index is 1.92. The first-order valence-electron chi connectivity index (χ1n) is 14.2. The standard InChI is InChI=1S/C30H42IN7O4/c1-18(2)26-29(41)37-24(16-35-30(32)33)27(39)34-13-7-10-21-9-4-5-12-25(21)42-17-19(3)36-23(28(40)38-26)15-20-8-6-11-22(31)14-20/h4-6,8-9,11-12,14,18-19,23-24,26,36H,7,10,13,15-17H2,1-3H3,(H,34,39)(H,37,41)(H,38,40)(H4,32,33,35)/t19-,23+,24-,26+/m0/s1. The van der Waals surface area contributed by atoms with Crippen LogP contribution in [0.4, 0.5) is 0 Å². The molecule has 0 saturated heterocycles. The molecule has 11 nitrogen and oxygen atoms in total. The molecule has 1 aliphatic heterocycles. The van der Waals surface area contributed by atoms with E-state index in [1.54, 1.807) is 0 Å². The third-order valence-corrected chi connectivity index (χ3v) is 7.52. The molecular formula is C30H42IN7O4. The van der Waals surface area contributed by atoms with Crippen LogP contribution in [0.3, 0.4) is 0 Å². The van der Waals surface area contributed by atoms with Gasteiger partial charge in [-0.25, -0.2) is 0 Å². The lowest BCUT2D eigenvalue weighted by molar-refractivity contribution is -0.133. The summed E-state index contributed by atoms with van der Waals surface area (Å²) in [6.45, 7) is 6.21. The van der Waals surface area contributed by atoms with Crippen LogP contribution in [0.5, 0.6) is 5.75 Å². The summed E-state index contributed by atoms with van der Waals surface area (Å²) in [6, 6.07) is 13.0. The number of para-hydroxylation sites is 1. The van der Waals surface area contributed by atoms with Gasteiger partial charge in [-0.15, -0.1) is 0 Å². The Hall–Kier alpha value is -3.39. The first-order valence-corrected chi connectivity index (χ1v) is 15.3. The Bertz CT molecular complexity index is 1250. The number of rotatable bonds is 5. The van der Waals surface area contributed by atoms with Gasteiger partial charge in [-0.1, -0.05) is 44.2 Å². The highest BCUT2D eigenvalue weighted by Crippen LogP contribution is 2.20. The molecule has 42 heavy (non-hydrogen) atoms. The summed E-state index contributed by atoms with van der Waals surface area (Å²) in [7, 11) is 0. The van der Waals surface area contributed by atoms with Crippen LogP contribution >= 0.6 is 22.6 Å². The smallest absolute Gasteiger partial charge is 0.244 e. The van der Waals surface area contributed by atoms with Crippen LogP contribution in [0.15, 0.2) is 53.5 Å².